The van der Waals surface area contributed by atoms with E-state index in [4.69, 9.17) is 0 Å². The SMILES string of the molecule is CN(C(Cc1ccc(NS(=O)(=O)c2cccc3ccccc23)cc1)C(=O)N1CCN(c2ccccc2)CC1)S(=O)(=O)c1cccc2cnccc12. The molecule has 1 aromatic heterocycles. The van der Waals surface area contributed by atoms with E-state index in [1.807, 2.05) is 48.5 Å². The molecule has 1 amide bonds. The number of rotatable bonds is 10. The van der Waals surface area contributed by atoms with Gasteiger partial charge in [-0.3, -0.25) is 14.5 Å². The fraction of sp³-hybridized carbons (Fsp3) is 0.179. The van der Waals surface area contributed by atoms with Gasteiger partial charge in [0, 0.05) is 73.2 Å². The Morgan fingerprint density at radius 3 is 2.10 bits per heavy atom. The van der Waals surface area contributed by atoms with Crippen molar-refractivity contribution >= 4 is 58.9 Å². The smallest absolute Gasteiger partial charge is 0.262 e. The molecule has 1 unspecified atom stereocenters. The predicted molar refractivity (Wildman–Crippen MR) is 201 cm³/mol. The van der Waals surface area contributed by atoms with Crippen LogP contribution in [-0.2, 0) is 31.3 Å². The third-order valence-corrected chi connectivity index (χ3v) is 12.8. The molecule has 6 aromatic rings. The van der Waals surface area contributed by atoms with Crippen molar-refractivity contribution in [1.82, 2.24) is 14.2 Å². The first-order chi connectivity index (χ1) is 24.6. The molecule has 1 atom stereocenters. The molecule has 1 aliphatic heterocycles. The quantitative estimate of drug-likeness (QED) is 0.191. The summed E-state index contributed by atoms with van der Waals surface area (Å²) in [6.45, 7) is 2.10. The van der Waals surface area contributed by atoms with Crippen LogP contribution in [0.4, 0.5) is 11.4 Å². The Kier molecular flexibility index (Phi) is 9.47. The van der Waals surface area contributed by atoms with Crippen LogP contribution >= 0.6 is 0 Å². The molecule has 7 rings (SSSR count). The van der Waals surface area contributed by atoms with E-state index in [1.165, 1.54) is 11.4 Å². The molecule has 12 heteroatoms. The summed E-state index contributed by atoms with van der Waals surface area (Å²) in [5.41, 5.74) is 2.09. The molecule has 1 fully saturated rings. The number of piperazine rings is 1. The van der Waals surface area contributed by atoms with Crippen molar-refractivity contribution in [2.75, 3.05) is 42.8 Å². The molecular weight excluding hydrogens is 683 g/mol. The molecule has 0 spiro atoms. The summed E-state index contributed by atoms with van der Waals surface area (Å²) >= 11 is 0. The Bertz CT molecular complexity index is 2410. The van der Waals surface area contributed by atoms with E-state index in [0.717, 1.165) is 11.1 Å². The number of para-hydroxylation sites is 1. The highest BCUT2D eigenvalue weighted by Crippen LogP contribution is 2.29. The number of hydrogen-bond donors (Lipinski definition) is 1. The molecule has 1 N–H and O–H groups in total. The maximum atomic E-state index is 14.3. The normalized spacial score (nSPS) is 14.5. The molecule has 2 heterocycles. The van der Waals surface area contributed by atoms with Crippen molar-refractivity contribution in [1.29, 1.82) is 0 Å². The van der Waals surface area contributed by atoms with Crippen LogP contribution in [0.3, 0.4) is 0 Å². The molecule has 0 radical (unpaired) electrons. The summed E-state index contributed by atoms with van der Waals surface area (Å²) in [5, 5.41) is 2.62. The van der Waals surface area contributed by atoms with Crippen LogP contribution < -0.4 is 9.62 Å². The van der Waals surface area contributed by atoms with E-state index in [0.29, 0.717) is 53.6 Å². The van der Waals surface area contributed by atoms with E-state index in [2.05, 4.69) is 14.6 Å². The minimum absolute atomic E-state index is 0.0795. The first-order valence-corrected chi connectivity index (χ1v) is 19.5. The second-order valence-corrected chi connectivity index (χ2v) is 16.1. The Morgan fingerprint density at radius 1 is 0.725 bits per heavy atom. The lowest BCUT2D eigenvalue weighted by Crippen LogP contribution is -2.56. The first kappa shape index (κ1) is 34.2. The van der Waals surface area contributed by atoms with Crippen molar-refractivity contribution in [3.63, 3.8) is 0 Å². The summed E-state index contributed by atoms with van der Waals surface area (Å²) in [6, 6.07) is 34.7. The van der Waals surface area contributed by atoms with Gasteiger partial charge in [-0.05, 0) is 59.8 Å². The largest absolute Gasteiger partial charge is 0.368 e. The summed E-state index contributed by atoms with van der Waals surface area (Å²) < 4.78 is 59.3. The molecule has 1 aliphatic rings. The number of nitrogens with one attached hydrogen (secondary N) is 1. The van der Waals surface area contributed by atoms with Crippen LogP contribution in [0.15, 0.2) is 144 Å². The molecule has 5 aromatic carbocycles. The van der Waals surface area contributed by atoms with Crippen LogP contribution in [0.25, 0.3) is 21.5 Å². The molecule has 1 saturated heterocycles. The fourth-order valence-electron chi connectivity index (χ4n) is 6.62. The summed E-state index contributed by atoms with van der Waals surface area (Å²) in [6.07, 6.45) is 3.24. The van der Waals surface area contributed by atoms with E-state index < -0.39 is 26.1 Å². The molecule has 0 saturated carbocycles. The monoisotopic (exact) mass is 719 g/mol. The molecule has 0 bridgehead atoms. The third kappa shape index (κ3) is 7.03. The summed E-state index contributed by atoms with van der Waals surface area (Å²) in [4.78, 5) is 22.7. The number of sulfonamides is 2. The standard InChI is InChI=1S/C39H37N5O5S2/c1-42(51(48,49)38-16-8-11-31-28-40-22-21-35(31)38)36(39(45)44-25-23-43(24-26-44)33-12-3-2-4-13-33)27-29-17-19-32(20-18-29)41-50(46,47)37-15-7-10-30-9-5-6-14-34(30)37/h2-22,28,36,41H,23-27H2,1H3. The van der Waals surface area contributed by atoms with Gasteiger partial charge in [0.1, 0.15) is 6.04 Å². The second-order valence-electron chi connectivity index (χ2n) is 12.5. The number of nitrogens with zero attached hydrogens (tertiary/aromatic N) is 4. The van der Waals surface area contributed by atoms with E-state index >= 15 is 0 Å². The summed E-state index contributed by atoms with van der Waals surface area (Å²) in [5.74, 6) is -0.295. The molecule has 260 valence electrons. The van der Waals surface area contributed by atoms with Crippen molar-refractivity contribution < 1.29 is 21.6 Å². The van der Waals surface area contributed by atoms with Gasteiger partial charge in [0.2, 0.25) is 15.9 Å². The van der Waals surface area contributed by atoms with Crippen molar-refractivity contribution in [2.24, 2.45) is 0 Å². The van der Waals surface area contributed by atoms with Crippen LogP contribution in [0.1, 0.15) is 5.56 Å². The zero-order valence-electron chi connectivity index (χ0n) is 28.0. The Balaban J connectivity index is 1.16. The van der Waals surface area contributed by atoms with Gasteiger partial charge in [0.25, 0.3) is 10.0 Å². The van der Waals surface area contributed by atoms with Gasteiger partial charge >= 0.3 is 0 Å². The zero-order valence-corrected chi connectivity index (χ0v) is 29.6. The van der Waals surface area contributed by atoms with E-state index in [-0.39, 0.29) is 22.1 Å². The topological polar surface area (TPSA) is 120 Å². The third-order valence-electron chi connectivity index (χ3n) is 9.41. The first-order valence-electron chi connectivity index (χ1n) is 16.6. The highest BCUT2D eigenvalue weighted by atomic mass is 32.2. The van der Waals surface area contributed by atoms with E-state index in [9.17, 15) is 21.6 Å². The van der Waals surface area contributed by atoms with Crippen LogP contribution in [0, 0.1) is 0 Å². The number of carbonyl (C=O) groups excluding carboxylic acids is 1. The zero-order chi connectivity index (χ0) is 35.6. The van der Waals surface area contributed by atoms with Crippen LogP contribution in [-0.4, -0.2) is 76.2 Å². The van der Waals surface area contributed by atoms with Gasteiger partial charge in [0.15, 0.2) is 0 Å². The van der Waals surface area contributed by atoms with Gasteiger partial charge < -0.3 is 9.80 Å². The van der Waals surface area contributed by atoms with E-state index in [1.54, 1.807) is 90.1 Å². The molecule has 51 heavy (non-hydrogen) atoms. The van der Waals surface area contributed by atoms with Crippen LogP contribution in [0.5, 0.6) is 0 Å². The number of hydrogen-bond acceptors (Lipinski definition) is 7. The van der Waals surface area contributed by atoms with Gasteiger partial charge in [-0.2, -0.15) is 4.31 Å². The molecule has 10 nitrogen and oxygen atoms in total. The summed E-state index contributed by atoms with van der Waals surface area (Å²) in [7, 11) is -6.61. The van der Waals surface area contributed by atoms with Crippen molar-refractivity contribution in [2.45, 2.75) is 22.3 Å². The second kappa shape index (κ2) is 14.1. The average molecular weight is 720 g/mol. The maximum Gasteiger partial charge on any atom is 0.262 e. The van der Waals surface area contributed by atoms with Crippen LogP contribution in [0.2, 0.25) is 0 Å². The number of amides is 1. The average Bonchev–Trinajstić information content (AvgIpc) is 3.17. The highest BCUT2D eigenvalue weighted by Gasteiger charge is 2.37. The van der Waals surface area contributed by atoms with Gasteiger partial charge in [-0.15, -0.1) is 0 Å². The number of likely N-dealkylation sites (N-methyl/N-ethyl adjacent to an activating group) is 1. The Hall–Kier alpha value is -5.30. The van der Waals surface area contributed by atoms with Crippen molar-refractivity contribution in [3.05, 3.63) is 139 Å². The fourth-order valence-corrected chi connectivity index (χ4v) is 9.43. The predicted octanol–water partition coefficient (Wildman–Crippen LogP) is 5.77. The van der Waals surface area contributed by atoms with Gasteiger partial charge in [0.05, 0.1) is 9.79 Å². The number of benzene rings is 5. The number of carbonyl (C=O) groups is 1. The lowest BCUT2D eigenvalue weighted by atomic mass is 10.0. The van der Waals surface area contributed by atoms with Gasteiger partial charge in [-0.25, -0.2) is 16.8 Å². The number of anilines is 2. The number of fused-ring (bicyclic) bond motifs is 2. The van der Waals surface area contributed by atoms with Crippen molar-refractivity contribution in [3.8, 4) is 0 Å². The lowest BCUT2D eigenvalue weighted by Gasteiger charge is -2.39. The number of pyridine rings is 1. The minimum Gasteiger partial charge on any atom is -0.368 e. The Labute approximate surface area is 298 Å². The highest BCUT2D eigenvalue weighted by molar-refractivity contribution is 7.93. The molecule has 0 aliphatic carbocycles. The Morgan fingerprint density at radius 2 is 1.35 bits per heavy atom. The number of aromatic nitrogens is 1. The minimum atomic E-state index is -4.15. The lowest BCUT2D eigenvalue weighted by molar-refractivity contribution is -0.135. The maximum absolute atomic E-state index is 14.3. The molecular formula is C39H37N5O5S2. The van der Waals surface area contributed by atoms with Gasteiger partial charge in [-0.1, -0.05) is 78.9 Å².